The van der Waals surface area contributed by atoms with Gasteiger partial charge >= 0.3 is 5.69 Å². The SMILES string of the molecule is CC.CCC(CO)OC(C)n1ccc(=O)[nH]c1=O. The van der Waals surface area contributed by atoms with Gasteiger partial charge < -0.3 is 9.84 Å². The summed E-state index contributed by atoms with van der Waals surface area (Å²) in [7, 11) is 0. The predicted molar refractivity (Wildman–Crippen MR) is 69.6 cm³/mol. The van der Waals surface area contributed by atoms with Gasteiger partial charge in [0.15, 0.2) is 0 Å². The summed E-state index contributed by atoms with van der Waals surface area (Å²) in [5.74, 6) is 0. The van der Waals surface area contributed by atoms with Crippen molar-refractivity contribution >= 4 is 0 Å². The fraction of sp³-hybridized carbons (Fsp3) is 0.667. The molecule has 0 amide bonds. The highest BCUT2D eigenvalue weighted by Gasteiger charge is 2.12. The third kappa shape index (κ3) is 4.85. The topological polar surface area (TPSA) is 84.3 Å². The van der Waals surface area contributed by atoms with Crippen molar-refractivity contribution in [1.82, 2.24) is 9.55 Å². The smallest absolute Gasteiger partial charge is 0.330 e. The van der Waals surface area contributed by atoms with Gasteiger partial charge in [0.25, 0.3) is 5.56 Å². The van der Waals surface area contributed by atoms with Crippen molar-refractivity contribution in [2.45, 2.75) is 46.4 Å². The van der Waals surface area contributed by atoms with Crippen molar-refractivity contribution in [3.8, 4) is 0 Å². The Kier molecular flexibility index (Phi) is 7.98. The molecular weight excluding hydrogens is 236 g/mol. The van der Waals surface area contributed by atoms with E-state index in [-0.39, 0.29) is 12.7 Å². The molecule has 0 aromatic carbocycles. The lowest BCUT2D eigenvalue weighted by molar-refractivity contribution is -0.0682. The largest absolute Gasteiger partial charge is 0.394 e. The quantitative estimate of drug-likeness (QED) is 0.820. The molecule has 2 atom stereocenters. The molecule has 18 heavy (non-hydrogen) atoms. The van der Waals surface area contributed by atoms with Crippen LogP contribution in [0, 0.1) is 0 Å². The van der Waals surface area contributed by atoms with Crippen LogP contribution in [0.3, 0.4) is 0 Å². The first-order valence-electron chi connectivity index (χ1n) is 6.16. The van der Waals surface area contributed by atoms with Gasteiger partial charge in [-0.3, -0.25) is 14.3 Å². The molecule has 0 aliphatic rings. The van der Waals surface area contributed by atoms with E-state index in [1.807, 2.05) is 20.8 Å². The fourth-order valence-electron chi connectivity index (χ4n) is 1.33. The Morgan fingerprint density at radius 2 is 2.06 bits per heavy atom. The maximum atomic E-state index is 11.4. The van der Waals surface area contributed by atoms with Gasteiger partial charge in [-0.05, 0) is 13.3 Å². The number of hydrogen-bond donors (Lipinski definition) is 2. The molecule has 1 rings (SSSR count). The summed E-state index contributed by atoms with van der Waals surface area (Å²) in [6.45, 7) is 7.46. The Bertz CT molecular complexity index is 434. The van der Waals surface area contributed by atoms with Gasteiger partial charge in [0, 0.05) is 12.3 Å². The van der Waals surface area contributed by atoms with Crippen LogP contribution in [-0.4, -0.2) is 27.4 Å². The van der Waals surface area contributed by atoms with Crippen molar-refractivity contribution in [2.24, 2.45) is 0 Å². The highest BCUT2D eigenvalue weighted by atomic mass is 16.5. The van der Waals surface area contributed by atoms with E-state index in [0.29, 0.717) is 6.42 Å². The van der Waals surface area contributed by atoms with Crippen LogP contribution in [0.1, 0.15) is 40.3 Å². The molecule has 0 spiro atoms. The van der Waals surface area contributed by atoms with E-state index in [1.54, 1.807) is 6.92 Å². The lowest BCUT2D eigenvalue weighted by Gasteiger charge is -2.20. The molecule has 0 saturated carbocycles. The summed E-state index contributed by atoms with van der Waals surface area (Å²) in [6.07, 6.45) is 1.18. The van der Waals surface area contributed by atoms with Gasteiger partial charge in [-0.25, -0.2) is 4.79 Å². The molecule has 0 radical (unpaired) electrons. The molecule has 0 saturated heterocycles. The van der Waals surface area contributed by atoms with Gasteiger partial charge in [0.2, 0.25) is 0 Å². The minimum absolute atomic E-state index is 0.0983. The minimum atomic E-state index is -0.526. The average Bonchev–Trinajstić information content (AvgIpc) is 2.38. The highest BCUT2D eigenvalue weighted by Crippen LogP contribution is 2.09. The summed E-state index contributed by atoms with van der Waals surface area (Å²) in [6, 6.07) is 1.25. The molecule has 1 heterocycles. The standard InChI is InChI=1S/C10H16N2O4.C2H6/c1-3-8(6-13)16-7(2)12-5-4-9(14)11-10(12)15;1-2/h4-5,7-8,13H,3,6H2,1-2H3,(H,11,14,15);1-2H3. The van der Waals surface area contributed by atoms with E-state index in [4.69, 9.17) is 9.84 Å². The molecule has 0 fully saturated rings. The van der Waals surface area contributed by atoms with E-state index in [2.05, 4.69) is 4.98 Å². The maximum absolute atomic E-state index is 11.4. The van der Waals surface area contributed by atoms with Gasteiger partial charge in [0.05, 0.1) is 12.7 Å². The predicted octanol–water partition coefficient (Wildman–Crippen LogP) is 0.869. The van der Waals surface area contributed by atoms with Crippen LogP contribution in [-0.2, 0) is 4.74 Å². The molecule has 1 aromatic rings. The molecule has 6 heteroatoms. The third-order valence-corrected chi connectivity index (χ3v) is 2.29. The van der Waals surface area contributed by atoms with Crippen LogP contribution in [0.5, 0.6) is 0 Å². The normalized spacial score (nSPS) is 13.4. The van der Waals surface area contributed by atoms with Crippen molar-refractivity contribution in [3.63, 3.8) is 0 Å². The van der Waals surface area contributed by atoms with Crippen molar-refractivity contribution in [2.75, 3.05) is 6.61 Å². The number of hydrogen-bond acceptors (Lipinski definition) is 4. The Morgan fingerprint density at radius 3 is 2.50 bits per heavy atom. The number of aromatic amines is 1. The molecule has 0 bridgehead atoms. The lowest BCUT2D eigenvalue weighted by Crippen LogP contribution is -2.33. The van der Waals surface area contributed by atoms with Gasteiger partial charge in [-0.2, -0.15) is 0 Å². The minimum Gasteiger partial charge on any atom is -0.394 e. The molecule has 2 unspecified atom stereocenters. The Labute approximate surface area is 106 Å². The summed E-state index contributed by atoms with van der Waals surface area (Å²) in [5.41, 5.74) is -0.963. The second-order valence-electron chi connectivity index (χ2n) is 3.47. The Balaban J connectivity index is 0.00000137. The number of aliphatic hydroxyl groups is 1. The Morgan fingerprint density at radius 1 is 1.44 bits per heavy atom. The zero-order valence-corrected chi connectivity index (χ0v) is 11.3. The molecule has 1 aromatic heterocycles. The van der Waals surface area contributed by atoms with Crippen LogP contribution in [0.2, 0.25) is 0 Å². The monoisotopic (exact) mass is 258 g/mol. The summed E-state index contributed by atoms with van der Waals surface area (Å²) < 4.78 is 6.71. The molecule has 0 aliphatic carbocycles. The molecule has 0 aliphatic heterocycles. The summed E-state index contributed by atoms with van der Waals surface area (Å²) in [5, 5.41) is 8.97. The number of H-pyrrole nitrogens is 1. The van der Waals surface area contributed by atoms with E-state index < -0.39 is 17.5 Å². The second kappa shape index (κ2) is 8.66. The van der Waals surface area contributed by atoms with E-state index in [1.165, 1.54) is 16.8 Å². The van der Waals surface area contributed by atoms with Crippen molar-refractivity contribution in [3.05, 3.63) is 33.1 Å². The van der Waals surface area contributed by atoms with Crippen LogP contribution in [0.4, 0.5) is 0 Å². The molecular formula is C12H22N2O4. The van der Waals surface area contributed by atoms with Crippen LogP contribution < -0.4 is 11.2 Å². The van der Waals surface area contributed by atoms with Crippen LogP contribution in [0.25, 0.3) is 0 Å². The lowest BCUT2D eigenvalue weighted by atomic mass is 10.3. The van der Waals surface area contributed by atoms with Crippen molar-refractivity contribution in [1.29, 1.82) is 0 Å². The first-order chi connectivity index (χ1) is 8.58. The average molecular weight is 258 g/mol. The maximum Gasteiger partial charge on any atom is 0.330 e. The highest BCUT2D eigenvalue weighted by molar-refractivity contribution is 4.83. The van der Waals surface area contributed by atoms with Gasteiger partial charge in [-0.15, -0.1) is 0 Å². The van der Waals surface area contributed by atoms with Gasteiger partial charge in [0.1, 0.15) is 6.23 Å². The number of nitrogens with zero attached hydrogens (tertiary/aromatic N) is 1. The number of rotatable bonds is 5. The number of aromatic nitrogens is 2. The van der Waals surface area contributed by atoms with Crippen molar-refractivity contribution < 1.29 is 9.84 Å². The Hall–Kier alpha value is -1.40. The number of ether oxygens (including phenoxy) is 1. The molecule has 6 nitrogen and oxygen atoms in total. The second-order valence-corrected chi connectivity index (χ2v) is 3.47. The third-order valence-electron chi connectivity index (χ3n) is 2.29. The summed E-state index contributed by atoms with van der Waals surface area (Å²) >= 11 is 0. The van der Waals surface area contributed by atoms with Gasteiger partial charge in [-0.1, -0.05) is 20.8 Å². The first-order valence-corrected chi connectivity index (χ1v) is 6.16. The first kappa shape index (κ1) is 16.6. The summed E-state index contributed by atoms with van der Waals surface area (Å²) in [4.78, 5) is 24.4. The van der Waals surface area contributed by atoms with E-state index >= 15 is 0 Å². The van der Waals surface area contributed by atoms with E-state index in [9.17, 15) is 9.59 Å². The fourth-order valence-corrected chi connectivity index (χ4v) is 1.33. The number of nitrogens with one attached hydrogen (secondary N) is 1. The van der Waals surface area contributed by atoms with Crippen LogP contribution in [0.15, 0.2) is 21.9 Å². The van der Waals surface area contributed by atoms with Crippen LogP contribution >= 0.6 is 0 Å². The zero-order valence-electron chi connectivity index (χ0n) is 11.3. The number of aliphatic hydroxyl groups excluding tert-OH is 1. The molecule has 2 N–H and O–H groups in total. The van der Waals surface area contributed by atoms with E-state index in [0.717, 1.165) is 0 Å². The zero-order chi connectivity index (χ0) is 14.1. The molecule has 104 valence electrons.